The molecule has 0 radical (unpaired) electrons. The number of aliphatic hydroxyl groups is 1. The maximum atomic E-state index is 13.6. The first-order valence-electron chi connectivity index (χ1n) is 12.0. The van der Waals surface area contributed by atoms with Gasteiger partial charge in [-0.2, -0.15) is 5.06 Å². The van der Waals surface area contributed by atoms with E-state index in [1.807, 2.05) is 49.4 Å². The Morgan fingerprint density at radius 3 is 2.36 bits per heavy atom. The van der Waals surface area contributed by atoms with Gasteiger partial charge >= 0.3 is 0 Å². The Morgan fingerprint density at radius 2 is 1.69 bits per heavy atom. The summed E-state index contributed by atoms with van der Waals surface area (Å²) in [4.78, 5) is 34.0. The summed E-state index contributed by atoms with van der Waals surface area (Å²) in [5.74, 6) is -1.66. The lowest BCUT2D eigenvalue weighted by Crippen LogP contribution is -2.42. The highest BCUT2D eigenvalue weighted by atomic mass is 79.9. The molecule has 3 atom stereocenters. The Morgan fingerprint density at radius 1 is 1.00 bits per heavy atom. The van der Waals surface area contributed by atoms with E-state index < -0.39 is 17.9 Å². The van der Waals surface area contributed by atoms with Crippen LogP contribution in [0.2, 0.25) is 0 Å². The fourth-order valence-electron chi connectivity index (χ4n) is 4.73. The predicted octanol–water partition coefficient (Wildman–Crippen LogP) is 5.09. The van der Waals surface area contributed by atoms with Crippen LogP contribution < -0.4 is 9.64 Å². The van der Waals surface area contributed by atoms with Gasteiger partial charge in [-0.3, -0.25) is 14.4 Å². The lowest BCUT2D eigenvalue weighted by atomic mass is 9.94. The standard InChI is InChI=1S/C28H27BrN2O5/c1-2-16-35-23-14-12-22(13-15-23)30-26(32)17-24(27(30)33)31-25(19-6-4-3-5-7-19)18-28(34,36-31)20-8-10-21(29)11-9-20/h3-15,24-25,34H,2,16-18H2,1H3/t24-,25-,28-/m1/s1. The average Bonchev–Trinajstić information content (AvgIpc) is 3.40. The number of amides is 2. The zero-order valence-corrected chi connectivity index (χ0v) is 21.4. The monoisotopic (exact) mass is 550 g/mol. The number of hydrogen-bond donors (Lipinski definition) is 1. The van der Waals surface area contributed by atoms with Crippen molar-refractivity contribution in [3.05, 3.63) is 94.5 Å². The van der Waals surface area contributed by atoms with Crippen LogP contribution in [0, 0.1) is 0 Å². The number of hydroxylamine groups is 2. The molecule has 3 aromatic rings. The van der Waals surface area contributed by atoms with Crippen LogP contribution in [-0.4, -0.2) is 34.6 Å². The van der Waals surface area contributed by atoms with Crippen molar-refractivity contribution in [3.8, 4) is 5.75 Å². The summed E-state index contributed by atoms with van der Waals surface area (Å²) in [7, 11) is 0. The summed E-state index contributed by atoms with van der Waals surface area (Å²) in [5.41, 5.74) is 1.95. The van der Waals surface area contributed by atoms with Crippen molar-refractivity contribution in [3.63, 3.8) is 0 Å². The second-order valence-electron chi connectivity index (χ2n) is 9.00. The fraction of sp³-hybridized carbons (Fsp3) is 0.286. The van der Waals surface area contributed by atoms with E-state index in [-0.39, 0.29) is 24.7 Å². The molecule has 2 saturated heterocycles. The number of carbonyl (C=O) groups excluding carboxylic acids is 2. The molecule has 1 N–H and O–H groups in total. The minimum absolute atomic E-state index is 0.0489. The number of imide groups is 1. The van der Waals surface area contributed by atoms with E-state index in [0.717, 1.165) is 16.5 Å². The van der Waals surface area contributed by atoms with Gasteiger partial charge in [-0.15, -0.1) is 0 Å². The Balaban J connectivity index is 1.44. The zero-order chi connectivity index (χ0) is 25.3. The molecule has 2 fully saturated rings. The Labute approximate surface area is 218 Å². The maximum Gasteiger partial charge on any atom is 0.254 e. The molecule has 0 saturated carbocycles. The van der Waals surface area contributed by atoms with Gasteiger partial charge in [0.25, 0.3) is 5.91 Å². The molecule has 0 bridgehead atoms. The number of ether oxygens (including phenoxy) is 1. The molecule has 5 rings (SSSR count). The lowest BCUT2D eigenvalue weighted by molar-refractivity contribution is -0.303. The zero-order valence-electron chi connectivity index (χ0n) is 19.8. The minimum atomic E-state index is -1.64. The molecule has 2 aliphatic rings. The SMILES string of the molecule is CCCOc1ccc(N2C(=O)C[C@@H](N3O[C@@](O)(c4ccc(Br)cc4)C[C@@H]3c3ccccc3)C2=O)cc1. The molecule has 36 heavy (non-hydrogen) atoms. The lowest BCUT2D eigenvalue weighted by Gasteiger charge is -2.28. The second-order valence-corrected chi connectivity index (χ2v) is 9.92. The van der Waals surface area contributed by atoms with E-state index in [9.17, 15) is 14.7 Å². The third-order valence-corrected chi connectivity index (χ3v) is 7.04. The molecule has 7 nitrogen and oxygen atoms in total. The van der Waals surface area contributed by atoms with Gasteiger partial charge in [-0.05, 0) is 48.4 Å². The van der Waals surface area contributed by atoms with Crippen molar-refractivity contribution in [2.75, 3.05) is 11.5 Å². The van der Waals surface area contributed by atoms with E-state index in [0.29, 0.717) is 23.6 Å². The van der Waals surface area contributed by atoms with Crippen LogP contribution in [0.3, 0.4) is 0 Å². The predicted molar refractivity (Wildman–Crippen MR) is 138 cm³/mol. The number of rotatable bonds is 7. The van der Waals surface area contributed by atoms with Gasteiger partial charge in [0.15, 0.2) is 0 Å². The van der Waals surface area contributed by atoms with Crippen molar-refractivity contribution in [1.82, 2.24) is 5.06 Å². The summed E-state index contributed by atoms with van der Waals surface area (Å²) < 4.78 is 6.49. The van der Waals surface area contributed by atoms with Gasteiger partial charge in [-0.1, -0.05) is 65.3 Å². The number of carbonyl (C=O) groups is 2. The van der Waals surface area contributed by atoms with Crippen LogP contribution in [0.5, 0.6) is 5.75 Å². The largest absolute Gasteiger partial charge is 0.494 e. The summed E-state index contributed by atoms with van der Waals surface area (Å²) >= 11 is 3.42. The minimum Gasteiger partial charge on any atom is -0.494 e. The highest BCUT2D eigenvalue weighted by Crippen LogP contribution is 2.47. The Hall–Kier alpha value is -3.04. The number of benzene rings is 3. The van der Waals surface area contributed by atoms with E-state index >= 15 is 0 Å². The van der Waals surface area contributed by atoms with Gasteiger partial charge in [0.05, 0.1) is 24.8 Å². The second kappa shape index (κ2) is 10.1. The van der Waals surface area contributed by atoms with Crippen LogP contribution in [0.4, 0.5) is 5.69 Å². The smallest absolute Gasteiger partial charge is 0.254 e. The third kappa shape index (κ3) is 4.69. The molecule has 2 heterocycles. The molecular weight excluding hydrogens is 524 g/mol. The molecule has 0 aromatic heterocycles. The summed E-state index contributed by atoms with van der Waals surface area (Å²) in [6, 6.07) is 22.4. The summed E-state index contributed by atoms with van der Waals surface area (Å²) in [6.45, 7) is 2.62. The average molecular weight is 551 g/mol. The summed E-state index contributed by atoms with van der Waals surface area (Å²) in [5, 5.41) is 13.1. The van der Waals surface area contributed by atoms with Crippen molar-refractivity contribution in [2.24, 2.45) is 0 Å². The quantitative estimate of drug-likeness (QED) is 0.412. The number of anilines is 1. The van der Waals surface area contributed by atoms with Crippen LogP contribution in [0.1, 0.15) is 43.4 Å². The number of nitrogens with zero attached hydrogens (tertiary/aromatic N) is 2. The van der Waals surface area contributed by atoms with Crippen molar-refractivity contribution in [2.45, 2.75) is 44.1 Å². The van der Waals surface area contributed by atoms with Crippen molar-refractivity contribution in [1.29, 1.82) is 0 Å². The van der Waals surface area contributed by atoms with Crippen LogP contribution in [0.15, 0.2) is 83.3 Å². The van der Waals surface area contributed by atoms with E-state index in [2.05, 4.69) is 15.9 Å². The third-order valence-electron chi connectivity index (χ3n) is 6.51. The maximum absolute atomic E-state index is 13.6. The van der Waals surface area contributed by atoms with Crippen molar-refractivity contribution >= 4 is 33.4 Å². The molecule has 0 spiro atoms. The van der Waals surface area contributed by atoms with Crippen LogP contribution >= 0.6 is 15.9 Å². The number of halogens is 1. The Bertz CT molecular complexity index is 1240. The van der Waals surface area contributed by atoms with E-state index in [1.54, 1.807) is 36.4 Å². The van der Waals surface area contributed by atoms with E-state index in [1.165, 1.54) is 9.96 Å². The van der Waals surface area contributed by atoms with E-state index in [4.69, 9.17) is 9.57 Å². The molecule has 0 aliphatic carbocycles. The molecule has 2 amide bonds. The Kier molecular flexibility index (Phi) is 6.94. The van der Waals surface area contributed by atoms with Crippen molar-refractivity contribution < 1.29 is 24.3 Å². The normalized spacial score (nSPS) is 24.5. The first kappa shape index (κ1) is 24.6. The highest BCUT2D eigenvalue weighted by molar-refractivity contribution is 9.10. The van der Waals surface area contributed by atoms with Gasteiger partial charge in [-0.25, -0.2) is 4.90 Å². The van der Waals surface area contributed by atoms with Gasteiger partial charge in [0, 0.05) is 16.5 Å². The van der Waals surface area contributed by atoms with Gasteiger partial charge < -0.3 is 9.84 Å². The number of hydrogen-bond acceptors (Lipinski definition) is 6. The first-order valence-corrected chi connectivity index (χ1v) is 12.8. The molecule has 0 unspecified atom stereocenters. The molecule has 2 aliphatic heterocycles. The molecular formula is C28H27BrN2O5. The van der Waals surface area contributed by atoms with Crippen LogP contribution in [0.25, 0.3) is 0 Å². The first-order chi connectivity index (χ1) is 17.4. The topological polar surface area (TPSA) is 79.3 Å². The highest BCUT2D eigenvalue weighted by Gasteiger charge is 2.54. The fourth-order valence-corrected chi connectivity index (χ4v) is 4.99. The summed E-state index contributed by atoms with van der Waals surface area (Å²) in [6.07, 6.45) is 1.05. The van der Waals surface area contributed by atoms with Crippen LogP contribution in [-0.2, 0) is 20.2 Å². The molecule has 8 heteroatoms. The molecule has 186 valence electrons. The molecule has 3 aromatic carbocycles. The van der Waals surface area contributed by atoms with Gasteiger partial charge in [0.1, 0.15) is 11.8 Å². The van der Waals surface area contributed by atoms with Gasteiger partial charge in [0.2, 0.25) is 11.7 Å².